The van der Waals surface area contributed by atoms with Gasteiger partial charge < -0.3 is 9.98 Å². The zero-order chi connectivity index (χ0) is 8.43. The second-order valence-corrected chi connectivity index (χ2v) is 3.36. The molecule has 3 heteroatoms. The minimum atomic E-state index is 0. The molecule has 1 aliphatic rings. The molecule has 0 unspecified atom stereocenters. The van der Waals surface area contributed by atoms with Crippen LogP contribution in [0, 0.1) is 12.5 Å². The van der Waals surface area contributed by atoms with E-state index in [0.29, 0.717) is 12.0 Å². The molecule has 62 valence electrons. The van der Waals surface area contributed by atoms with Crippen molar-refractivity contribution in [3.8, 4) is 0 Å². The van der Waals surface area contributed by atoms with Crippen molar-refractivity contribution in [2.24, 2.45) is 15.9 Å². The summed E-state index contributed by atoms with van der Waals surface area (Å²) >= 11 is 0. The molecule has 0 aliphatic carbocycles. The Morgan fingerprint density at radius 1 is 1.33 bits per heavy atom. The average molecular weight is 158 g/mol. The van der Waals surface area contributed by atoms with Crippen molar-refractivity contribution in [3.63, 3.8) is 0 Å². The van der Waals surface area contributed by atoms with E-state index >= 15 is 0 Å². The average Bonchev–Trinajstić information content (AvgIpc) is 1.94. The molecule has 0 spiro atoms. The fraction of sp³-hybridized carbons (Fsp3) is 0.667. The molecule has 0 aromatic heterocycles. The Hall–Kier alpha value is -0.193. The summed E-state index contributed by atoms with van der Waals surface area (Å²) in [6.45, 7) is 10.2. The van der Waals surface area contributed by atoms with E-state index in [2.05, 4.69) is 23.8 Å². The van der Waals surface area contributed by atoms with Crippen LogP contribution in [0.5, 0.6) is 0 Å². The van der Waals surface area contributed by atoms with E-state index in [1.807, 2.05) is 20.4 Å². The Morgan fingerprint density at radius 3 is 2.33 bits per heavy atom. The Labute approximate surface area is 86.7 Å². The molecular weight excluding hydrogens is 143 g/mol. The van der Waals surface area contributed by atoms with Crippen molar-refractivity contribution >= 4 is 11.4 Å². The fourth-order valence-corrected chi connectivity index (χ4v) is 1.25. The molecular formula is C9H15LiN2. The van der Waals surface area contributed by atoms with E-state index in [4.69, 9.17) is 0 Å². The summed E-state index contributed by atoms with van der Waals surface area (Å²) in [7, 11) is 0. The topological polar surface area (TPSA) is 24.7 Å². The van der Waals surface area contributed by atoms with Crippen LogP contribution in [-0.2, 0) is 0 Å². The molecule has 12 heavy (non-hydrogen) atoms. The maximum Gasteiger partial charge on any atom is 1.00 e. The van der Waals surface area contributed by atoms with Gasteiger partial charge in [-0.15, -0.1) is 12.3 Å². The van der Waals surface area contributed by atoms with E-state index in [1.165, 1.54) is 0 Å². The normalized spacial score (nSPS) is 22.2. The van der Waals surface area contributed by atoms with Gasteiger partial charge in [0.1, 0.15) is 0 Å². The largest absolute Gasteiger partial charge is 1.00 e. The number of aliphatic imine (C=N–C) groups is 2. The Kier molecular flexibility index (Phi) is 4.66. The van der Waals surface area contributed by atoms with E-state index in [1.54, 1.807) is 0 Å². The summed E-state index contributed by atoms with van der Waals surface area (Å²) in [6, 6.07) is 0.306. The molecule has 0 radical (unpaired) electrons. The quantitative estimate of drug-likeness (QED) is 0.349. The molecule has 0 N–H and O–H groups in total. The molecule has 1 heterocycles. The number of hydrogen-bond donors (Lipinski definition) is 0. The third kappa shape index (κ3) is 2.69. The van der Waals surface area contributed by atoms with Gasteiger partial charge in [-0.25, -0.2) is 0 Å². The van der Waals surface area contributed by atoms with Crippen molar-refractivity contribution in [1.82, 2.24) is 0 Å². The van der Waals surface area contributed by atoms with Gasteiger partial charge in [0.05, 0.1) is 0 Å². The molecule has 1 rings (SSSR count). The summed E-state index contributed by atoms with van der Waals surface area (Å²) in [5.41, 5.74) is 2.17. The first kappa shape index (κ1) is 11.8. The molecule has 0 saturated heterocycles. The van der Waals surface area contributed by atoms with E-state index in [9.17, 15) is 0 Å². The monoisotopic (exact) mass is 158 g/mol. The predicted octanol–water partition coefficient (Wildman–Crippen LogP) is -0.888. The molecule has 0 amide bonds. The van der Waals surface area contributed by atoms with E-state index in [-0.39, 0.29) is 18.9 Å². The first-order valence-electron chi connectivity index (χ1n) is 4.03. The molecule has 0 fully saturated rings. The van der Waals surface area contributed by atoms with Crippen LogP contribution >= 0.6 is 0 Å². The smallest absolute Gasteiger partial charge is 0.447 e. The van der Waals surface area contributed by atoms with E-state index < -0.39 is 0 Å². The first-order chi connectivity index (χ1) is 5.11. The minimum absolute atomic E-state index is 0. The van der Waals surface area contributed by atoms with Gasteiger partial charge in [0.2, 0.25) is 0 Å². The van der Waals surface area contributed by atoms with Crippen LogP contribution in [0.1, 0.15) is 27.7 Å². The zero-order valence-corrected chi connectivity index (χ0v) is 8.63. The summed E-state index contributed by atoms with van der Waals surface area (Å²) in [5, 5.41) is 0. The molecule has 0 saturated carbocycles. The summed E-state index contributed by atoms with van der Waals surface area (Å²) < 4.78 is 0. The van der Waals surface area contributed by atoms with Crippen LogP contribution in [0.25, 0.3) is 0 Å². The third-order valence-corrected chi connectivity index (χ3v) is 1.86. The van der Waals surface area contributed by atoms with Crippen molar-refractivity contribution in [3.05, 3.63) is 6.54 Å². The standard InChI is InChI=1S/C9H15N2.Li/c1-6(2)9-8(4)10-5-7(3)11-9;/h5-6,9H,1-4H3;/q-1;+1/t9-;/m1./s1. The van der Waals surface area contributed by atoms with Gasteiger partial charge in [0.25, 0.3) is 0 Å². The second kappa shape index (κ2) is 4.74. The van der Waals surface area contributed by atoms with Crippen molar-refractivity contribution in [2.75, 3.05) is 0 Å². The van der Waals surface area contributed by atoms with Crippen LogP contribution in [0.15, 0.2) is 9.98 Å². The number of hydrogen-bond acceptors (Lipinski definition) is 2. The summed E-state index contributed by atoms with van der Waals surface area (Å²) in [4.78, 5) is 8.77. The molecule has 0 aromatic carbocycles. The molecule has 0 aromatic rings. The minimum Gasteiger partial charge on any atom is -0.447 e. The molecule has 2 nitrogen and oxygen atoms in total. The van der Waals surface area contributed by atoms with Gasteiger partial charge in [-0.05, 0) is 18.6 Å². The SMILES string of the molecule is CC1=N[C@H](C(C)C)C(C)=N[CH-]1.[Li+]. The Bertz CT molecular complexity index is 207. The van der Waals surface area contributed by atoms with Crippen LogP contribution in [-0.4, -0.2) is 17.5 Å². The Balaban J connectivity index is 0.00000121. The maximum atomic E-state index is 4.49. The molecule has 1 aliphatic heterocycles. The van der Waals surface area contributed by atoms with Crippen LogP contribution in [0.3, 0.4) is 0 Å². The summed E-state index contributed by atoms with van der Waals surface area (Å²) in [6.07, 6.45) is 0. The van der Waals surface area contributed by atoms with Gasteiger partial charge >= 0.3 is 18.9 Å². The van der Waals surface area contributed by atoms with Gasteiger partial charge in [-0.1, -0.05) is 20.8 Å². The summed E-state index contributed by atoms with van der Waals surface area (Å²) in [5.74, 6) is 0.558. The van der Waals surface area contributed by atoms with Gasteiger partial charge in [0, 0.05) is 6.04 Å². The van der Waals surface area contributed by atoms with Crippen LogP contribution < -0.4 is 18.9 Å². The molecule has 1 atom stereocenters. The second-order valence-electron chi connectivity index (χ2n) is 3.36. The van der Waals surface area contributed by atoms with Gasteiger partial charge in [-0.3, -0.25) is 0 Å². The van der Waals surface area contributed by atoms with Crippen molar-refractivity contribution < 1.29 is 18.9 Å². The van der Waals surface area contributed by atoms with Crippen molar-refractivity contribution in [2.45, 2.75) is 33.7 Å². The van der Waals surface area contributed by atoms with Crippen molar-refractivity contribution in [1.29, 1.82) is 0 Å². The van der Waals surface area contributed by atoms with E-state index in [0.717, 1.165) is 11.4 Å². The fourth-order valence-electron chi connectivity index (χ4n) is 1.25. The third-order valence-electron chi connectivity index (χ3n) is 1.86. The maximum absolute atomic E-state index is 4.49. The Morgan fingerprint density at radius 2 is 1.92 bits per heavy atom. The van der Waals surface area contributed by atoms with Crippen LogP contribution in [0.2, 0.25) is 0 Å². The number of nitrogens with zero attached hydrogens (tertiary/aromatic N) is 2. The van der Waals surface area contributed by atoms with Gasteiger partial charge in [0.15, 0.2) is 0 Å². The van der Waals surface area contributed by atoms with Gasteiger partial charge in [-0.2, -0.15) is 0 Å². The van der Waals surface area contributed by atoms with Crippen LogP contribution in [0.4, 0.5) is 0 Å². The molecule has 0 bridgehead atoms. The zero-order valence-electron chi connectivity index (χ0n) is 8.63. The first-order valence-corrected chi connectivity index (χ1v) is 4.03. The number of rotatable bonds is 1. The predicted molar refractivity (Wildman–Crippen MR) is 49.1 cm³/mol.